The van der Waals surface area contributed by atoms with E-state index in [1.165, 1.54) is 16.8 Å². The van der Waals surface area contributed by atoms with Gasteiger partial charge in [0.1, 0.15) is 0 Å². The number of halogens is 1. The first kappa shape index (κ1) is 14.5. The van der Waals surface area contributed by atoms with Gasteiger partial charge in [0.05, 0.1) is 18.6 Å². The summed E-state index contributed by atoms with van der Waals surface area (Å²) >= 11 is 6.23. The first-order valence-electron chi connectivity index (χ1n) is 6.56. The van der Waals surface area contributed by atoms with Crippen LogP contribution in [0.2, 0.25) is 5.02 Å². The zero-order valence-corrected chi connectivity index (χ0v) is 12.7. The lowest BCUT2D eigenvalue weighted by Gasteiger charge is -2.35. The molecule has 1 aromatic heterocycles. The van der Waals surface area contributed by atoms with Crippen LogP contribution in [0.4, 0.5) is 0 Å². The highest BCUT2D eigenvalue weighted by Gasteiger charge is 2.35. The van der Waals surface area contributed by atoms with Gasteiger partial charge in [-0.3, -0.25) is 0 Å². The van der Waals surface area contributed by atoms with Crippen molar-refractivity contribution in [2.75, 3.05) is 19.6 Å². The third-order valence-corrected chi connectivity index (χ3v) is 5.70. The summed E-state index contributed by atoms with van der Waals surface area (Å²) in [6.45, 7) is 1.52. The second-order valence-electron chi connectivity index (χ2n) is 4.77. The van der Waals surface area contributed by atoms with E-state index in [0.717, 1.165) is 5.56 Å². The SMILES string of the molecule is O=S(=O)(c1cnc[nH]1)N1CCNCC1c1ccccc1Cl. The zero-order valence-electron chi connectivity index (χ0n) is 11.2. The monoisotopic (exact) mass is 326 g/mol. The lowest BCUT2D eigenvalue weighted by atomic mass is 10.1. The van der Waals surface area contributed by atoms with Crippen LogP contribution < -0.4 is 5.32 Å². The molecule has 0 aliphatic carbocycles. The fourth-order valence-corrected chi connectivity index (χ4v) is 4.26. The summed E-state index contributed by atoms with van der Waals surface area (Å²) in [6, 6.07) is 6.98. The Bertz CT molecular complexity index is 718. The van der Waals surface area contributed by atoms with Crippen LogP contribution in [0, 0.1) is 0 Å². The maximum atomic E-state index is 12.7. The fourth-order valence-electron chi connectivity index (χ4n) is 2.49. The van der Waals surface area contributed by atoms with Crippen molar-refractivity contribution in [3.05, 3.63) is 47.4 Å². The van der Waals surface area contributed by atoms with Crippen LogP contribution in [-0.4, -0.2) is 42.3 Å². The number of benzene rings is 1. The summed E-state index contributed by atoms with van der Waals surface area (Å²) in [5.41, 5.74) is 0.800. The average molecular weight is 327 g/mol. The van der Waals surface area contributed by atoms with Crippen LogP contribution in [0.5, 0.6) is 0 Å². The van der Waals surface area contributed by atoms with Crippen LogP contribution >= 0.6 is 11.6 Å². The van der Waals surface area contributed by atoms with Gasteiger partial charge >= 0.3 is 0 Å². The quantitative estimate of drug-likeness (QED) is 0.893. The molecule has 2 aromatic rings. The summed E-state index contributed by atoms with van der Waals surface area (Å²) in [7, 11) is -3.62. The van der Waals surface area contributed by atoms with Crippen molar-refractivity contribution in [3.63, 3.8) is 0 Å². The molecule has 1 saturated heterocycles. The Morgan fingerprint density at radius 2 is 2.14 bits per heavy atom. The lowest BCUT2D eigenvalue weighted by Crippen LogP contribution is -2.48. The smallest absolute Gasteiger partial charge is 0.260 e. The summed E-state index contributed by atoms with van der Waals surface area (Å²) in [5, 5.41) is 3.88. The maximum Gasteiger partial charge on any atom is 0.260 e. The third kappa shape index (κ3) is 2.69. The average Bonchev–Trinajstić information content (AvgIpc) is 3.03. The minimum absolute atomic E-state index is 0.0986. The van der Waals surface area contributed by atoms with E-state index in [1.807, 2.05) is 18.2 Å². The minimum Gasteiger partial charge on any atom is -0.335 e. The molecule has 1 unspecified atom stereocenters. The van der Waals surface area contributed by atoms with Gasteiger partial charge in [-0.25, -0.2) is 13.4 Å². The molecule has 1 atom stereocenters. The van der Waals surface area contributed by atoms with Crippen LogP contribution in [0.3, 0.4) is 0 Å². The minimum atomic E-state index is -3.62. The Hall–Kier alpha value is -1.41. The summed E-state index contributed by atoms with van der Waals surface area (Å²) in [6.07, 6.45) is 2.68. The fraction of sp³-hybridized carbons (Fsp3) is 0.308. The van der Waals surface area contributed by atoms with E-state index in [9.17, 15) is 8.42 Å². The number of nitrogens with one attached hydrogen (secondary N) is 2. The topological polar surface area (TPSA) is 78.1 Å². The highest BCUT2D eigenvalue weighted by atomic mass is 35.5. The number of H-pyrrole nitrogens is 1. The second-order valence-corrected chi connectivity index (χ2v) is 7.04. The second kappa shape index (κ2) is 5.76. The van der Waals surface area contributed by atoms with Gasteiger partial charge in [0, 0.05) is 24.7 Å². The number of hydrogen-bond donors (Lipinski definition) is 2. The van der Waals surface area contributed by atoms with Crippen LogP contribution in [0.25, 0.3) is 0 Å². The van der Waals surface area contributed by atoms with E-state index in [0.29, 0.717) is 24.7 Å². The van der Waals surface area contributed by atoms with Crippen LogP contribution in [0.15, 0.2) is 41.8 Å². The van der Waals surface area contributed by atoms with Gasteiger partial charge in [-0.05, 0) is 11.6 Å². The van der Waals surface area contributed by atoms with Crippen molar-refractivity contribution in [1.82, 2.24) is 19.6 Å². The highest BCUT2D eigenvalue weighted by Crippen LogP contribution is 2.31. The molecule has 8 heteroatoms. The Morgan fingerprint density at radius 3 is 2.86 bits per heavy atom. The molecule has 2 N–H and O–H groups in total. The third-order valence-electron chi connectivity index (χ3n) is 3.52. The van der Waals surface area contributed by atoms with Crippen molar-refractivity contribution >= 4 is 21.6 Å². The molecule has 112 valence electrons. The molecule has 1 fully saturated rings. The molecule has 0 amide bonds. The molecule has 1 aromatic carbocycles. The number of sulfonamides is 1. The molecule has 0 spiro atoms. The molecule has 1 aliphatic rings. The van der Waals surface area contributed by atoms with Gasteiger partial charge in [-0.1, -0.05) is 29.8 Å². The molecule has 0 bridgehead atoms. The molecule has 2 heterocycles. The van der Waals surface area contributed by atoms with Crippen LogP contribution in [-0.2, 0) is 10.0 Å². The summed E-state index contributed by atoms with van der Waals surface area (Å²) in [4.78, 5) is 6.46. The lowest BCUT2D eigenvalue weighted by molar-refractivity contribution is 0.271. The summed E-state index contributed by atoms with van der Waals surface area (Å²) < 4.78 is 26.9. The highest BCUT2D eigenvalue weighted by molar-refractivity contribution is 7.89. The van der Waals surface area contributed by atoms with E-state index in [2.05, 4.69) is 15.3 Å². The van der Waals surface area contributed by atoms with Gasteiger partial charge in [0.15, 0.2) is 5.03 Å². The maximum absolute atomic E-state index is 12.7. The Labute approximate surface area is 128 Å². The standard InChI is InChI=1S/C13H15ClN4O2S/c14-11-4-2-1-3-10(11)12-7-15-5-6-18(12)21(19,20)13-8-16-9-17-13/h1-4,8-9,12,15H,5-7H2,(H,16,17). The van der Waals surface area contributed by atoms with E-state index in [-0.39, 0.29) is 11.1 Å². The van der Waals surface area contributed by atoms with Gasteiger partial charge in [-0.2, -0.15) is 4.31 Å². The number of aromatic amines is 1. The predicted octanol–water partition coefficient (Wildman–Crippen LogP) is 1.40. The first-order valence-corrected chi connectivity index (χ1v) is 8.38. The number of rotatable bonds is 3. The van der Waals surface area contributed by atoms with Gasteiger partial charge < -0.3 is 10.3 Å². The van der Waals surface area contributed by atoms with Gasteiger partial charge in [0.25, 0.3) is 10.0 Å². The molecular weight excluding hydrogens is 312 g/mol. The molecule has 21 heavy (non-hydrogen) atoms. The van der Waals surface area contributed by atoms with Crippen molar-refractivity contribution in [1.29, 1.82) is 0 Å². The molecule has 0 saturated carbocycles. The van der Waals surface area contributed by atoms with E-state index < -0.39 is 10.0 Å². The van der Waals surface area contributed by atoms with E-state index in [4.69, 9.17) is 11.6 Å². The Morgan fingerprint density at radius 1 is 1.33 bits per heavy atom. The number of hydrogen-bond acceptors (Lipinski definition) is 4. The zero-order chi connectivity index (χ0) is 14.9. The van der Waals surface area contributed by atoms with Gasteiger partial charge in [-0.15, -0.1) is 0 Å². The molecule has 0 radical (unpaired) electrons. The molecule has 3 rings (SSSR count). The number of aromatic nitrogens is 2. The van der Waals surface area contributed by atoms with Crippen LogP contribution in [0.1, 0.15) is 11.6 Å². The first-order chi connectivity index (χ1) is 10.1. The largest absolute Gasteiger partial charge is 0.335 e. The van der Waals surface area contributed by atoms with Crippen molar-refractivity contribution in [2.24, 2.45) is 0 Å². The van der Waals surface area contributed by atoms with Gasteiger partial charge in [0.2, 0.25) is 0 Å². The summed E-state index contributed by atoms with van der Waals surface area (Å²) in [5.74, 6) is 0. The number of imidazole rings is 1. The Balaban J connectivity index is 2.02. The normalized spacial score (nSPS) is 20.5. The molecular formula is C13H15ClN4O2S. The van der Waals surface area contributed by atoms with E-state index in [1.54, 1.807) is 6.07 Å². The van der Waals surface area contributed by atoms with Crippen molar-refractivity contribution < 1.29 is 8.42 Å². The van der Waals surface area contributed by atoms with Crippen molar-refractivity contribution in [3.8, 4) is 0 Å². The molecule has 1 aliphatic heterocycles. The number of piperazine rings is 1. The van der Waals surface area contributed by atoms with Crippen molar-refractivity contribution in [2.45, 2.75) is 11.1 Å². The molecule has 6 nitrogen and oxygen atoms in total. The Kier molecular flexibility index (Phi) is 3.99. The number of nitrogens with zero attached hydrogens (tertiary/aromatic N) is 2. The predicted molar refractivity (Wildman–Crippen MR) is 79.5 cm³/mol. The van der Waals surface area contributed by atoms with E-state index >= 15 is 0 Å².